The molecule has 1 N–H and O–H groups in total. The number of rotatable bonds is 8. The number of carbonyl (C=O) groups excluding carboxylic acids is 1. The van der Waals surface area contributed by atoms with Gasteiger partial charge in [-0.3, -0.25) is 4.79 Å². The van der Waals surface area contributed by atoms with E-state index in [0.29, 0.717) is 0 Å². The Kier molecular flexibility index (Phi) is 9.56. The fraction of sp³-hybridized carbons (Fsp3) is 0.583. The van der Waals surface area contributed by atoms with Crippen LogP contribution in [0.1, 0.15) is 32.6 Å². The summed E-state index contributed by atoms with van der Waals surface area (Å²) in [7, 11) is 0. The molecule has 0 aromatic carbocycles. The maximum Gasteiger partial charge on any atom is 0.255 e. The Morgan fingerprint density at radius 1 is 1.31 bits per heavy atom. The number of unbranched alkanes of at least 4 members (excludes halogenated alkanes) is 3. The second-order valence-electron chi connectivity index (χ2n) is 3.42. The number of amides is 1. The topological polar surface area (TPSA) is 29.1 Å². The van der Waals surface area contributed by atoms with Gasteiger partial charge in [0.05, 0.1) is 6.54 Å². The van der Waals surface area contributed by atoms with Crippen LogP contribution in [0.3, 0.4) is 0 Å². The highest BCUT2D eigenvalue weighted by Gasteiger charge is 2.02. The van der Waals surface area contributed by atoms with Gasteiger partial charge in [0, 0.05) is 6.08 Å². The third-order valence-electron chi connectivity index (χ3n) is 1.90. The van der Waals surface area contributed by atoms with Gasteiger partial charge >= 0.3 is 0 Å². The SMILES string of the molecule is CCCCC/C=C/C=C/C(=O)NCC(F)F. The highest BCUT2D eigenvalue weighted by molar-refractivity contribution is 5.87. The van der Waals surface area contributed by atoms with Crippen molar-refractivity contribution in [2.75, 3.05) is 6.54 Å². The van der Waals surface area contributed by atoms with E-state index >= 15 is 0 Å². The molecule has 0 saturated carbocycles. The Morgan fingerprint density at radius 2 is 2.06 bits per heavy atom. The van der Waals surface area contributed by atoms with Gasteiger partial charge in [0.2, 0.25) is 5.91 Å². The molecule has 0 bridgehead atoms. The smallest absolute Gasteiger partial charge is 0.255 e. The van der Waals surface area contributed by atoms with Crippen molar-refractivity contribution >= 4 is 5.91 Å². The molecule has 92 valence electrons. The molecule has 0 radical (unpaired) electrons. The number of hydrogen-bond donors (Lipinski definition) is 1. The van der Waals surface area contributed by atoms with E-state index in [2.05, 4.69) is 12.2 Å². The van der Waals surface area contributed by atoms with Crippen LogP contribution < -0.4 is 5.32 Å². The molecule has 0 rings (SSSR count). The van der Waals surface area contributed by atoms with E-state index in [9.17, 15) is 13.6 Å². The summed E-state index contributed by atoms with van der Waals surface area (Å²) in [6.45, 7) is 1.54. The number of hydrogen-bond acceptors (Lipinski definition) is 1. The van der Waals surface area contributed by atoms with Crippen LogP contribution in [0.15, 0.2) is 24.3 Å². The lowest BCUT2D eigenvalue weighted by Gasteiger charge is -1.98. The largest absolute Gasteiger partial charge is 0.347 e. The molecule has 1 amide bonds. The number of nitrogens with one attached hydrogen (secondary N) is 1. The average molecular weight is 231 g/mol. The Morgan fingerprint density at radius 3 is 2.69 bits per heavy atom. The Balaban J connectivity index is 3.54. The number of alkyl halides is 2. The van der Waals surface area contributed by atoms with E-state index < -0.39 is 18.9 Å². The number of carbonyl (C=O) groups is 1. The van der Waals surface area contributed by atoms with Crippen LogP contribution in [-0.4, -0.2) is 18.9 Å². The summed E-state index contributed by atoms with van der Waals surface area (Å²) >= 11 is 0. The highest BCUT2D eigenvalue weighted by Crippen LogP contribution is 1.99. The predicted molar refractivity (Wildman–Crippen MR) is 61.4 cm³/mol. The van der Waals surface area contributed by atoms with Gasteiger partial charge in [-0.25, -0.2) is 8.78 Å². The van der Waals surface area contributed by atoms with Crippen LogP contribution in [0.2, 0.25) is 0 Å². The molecule has 0 atom stereocenters. The lowest BCUT2D eigenvalue weighted by molar-refractivity contribution is -0.117. The molecule has 2 nitrogen and oxygen atoms in total. The number of allylic oxidation sites excluding steroid dienone is 3. The van der Waals surface area contributed by atoms with E-state index in [1.807, 2.05) is 6.08 Å². The fourth-order valence-electron chi connectivity index (χ4n) is 1.07. The zero-order valence-electron chi connectivity index (χ0n) is 9.59. The van der Waals surface area contributed by atoms with Crippen LogP contribution in [0, 0.1) is 0 Å². The third kappa shape index (κ3) is 10.9. The van der Waals surface area contributed by atoms with E-state index in [0.717, 1.165) is 12.8 Å². The van der Waals surface area contributed by atoms with Crippen molar-refractivity contribution in [2.24, 2.45) is 0 Å². The van der Waals surface area contributed by atoms with Crippen LogP contribution in [0.25, 0.3) is 0 Å². The fourth-order valence-corrected chi connectivity index (χ4v) is 1.07. The second kappa shape index (κ2) is 10.3. The first-order chi connectivity index (χ1) is 7.66. The first kappa shape index (κ1) is 14.8. The zero-order valence-corrected chi connectivity index (χ0v) is 9.59. The minimum absolute atomic E-state index is 0.487. The Hall–Kier alpha value is -1.19. The van der Waals surface area contributed by atoms with Gasteiger partial charge in [0.25, 0.3) is 6.43 Å². The third-order valence-corrected chi connectivity index (χ3v) is 1.90. The summed E-state index contributed by atoms with van der Waals surface area (Å²) in [6.07, 6.45) is 8.54. The van der Waals surface area contributed by atoms with Crippen molar-refractivity contribution in [3.63, 3.8) is 0 Å². The van der Waals surface area contributed by atoms with Gasteiger partial charge in [-0.15, -0.1) is 0 Å². The molecule has 4 heteroatoms. The van der Waals surface area contributed by atoms with Crippen LogP contribution >= 0.6 is 0 Å². The number of halogens is 2. The van der Waals surface area contributed by atoms with Crippen molar-refractivity contribution in [3.8, 4) is 0 Å². The van der Waals surface area contributed by atoms with Gasteiger partial charge in [-0.05, 0) is 12.8 Å². The zero-order chi connectivity index (χ0) is 12.2. The van der Waals surface area contributed by atoms with E-state index in [1.165, 1.54) is 18.9 Å². The van der Waals surface area contributed by atoms with Gasteiger partial charge < -0.3 is 5.32 Å². The maximum atomic E-state index is 11.7. The quantitative estimate of drug-likeness (QED) is 0.388. The Labute approximate surface area is 95.4 Å². The van der Waals surface area contributed by atoms with Crippen molar-refractivity contribution in [2.45, 2.75) is 39.0 Å². The van der Waals surface area contributed by atoms with Gasteiger partial charge in [0.1, 0.15) is 0 Å². The lowest BCUT2D eigenvalue weighted by Crippen LogP contribution is -2.26. The van der Waals surface area contributed by atoms with E-state index in [1.54, 1.807) is 12.2 Å². The molecule has 0 heterocycles. The van der Waals surface area contributed by atoms with Crippen LogP contribution in [-0.2, 0) is 4.79 Å². The van der Waals surface area contributed by atoms with Crippen LogP contribution in [0.5, 0.6) is 0 Å². The molecule has 0 saturated heterocycles. The molecule has 0 aliphatic carbocycles. The first-order valence-corrected chi connectivity index (χ1v) is 5.56. The molecule has 0 aliphatic rings. The maximum absolute atomic E-state index is 11.7. The summed E-state index contributed by atoms with van der Waals surface area (Å²) < 4.78 is 23.4. The summed E-state index contributed by atoms with van der Waals surface area (Å²) in [5.41, 5.74) is 0. The molecule has 0 aromatic rings. The average Bonchev–Trinajstić information content (AvgIpc) is 2.25. The van der Waals surface area contributed by atoms with Crippen molar-refractivity contribution in [3.05, 3.63) is 24.3 Å². The second-order valence-corrected chi connectivity index (χ2v) is 3.42. The summed E-state index contributed by atoms with van der Waals surface area (Å²) in [6, 6.07) is 0. The van der Waals surface area contributed by atoms with E-state index in [4.69, 9.17) is 0 Å². The molecule has 0 aliphatic heterocycles. The predicted octanol–water partition coefficient (Wildman–Crippen LogP) is 3.06. The summed E-state index contributed by atoms with van der Waals surface area (Å²) in [5.74, 6) is -0.487. The monoisotopic (exact) mass is 231 g/mol. The summed E-state index contributed by atoms with van der Waals surface area (Å²) in [5, 5.41) is 2.08. The normalized spacial score (nSPS) is 11.8. The van der Waals surface area contributed by atoms with Crippen molar-refractivity contribution < 1.29 is 13.6 Å². The first-order valence-electron chi connectivity index (χ1n) is 5.56. The minimum atomic E-state index is -2.50. The van der Waals surface area contributed by atoms with Crippen LogP contribution in [0.4, 0.5) is 8.78 Å². The molecular weight excluding hydrogens is 212 g/mol. The van der Waals surface area contributed by atoms with Gasteiger partial charge in [0.15, 0.2) is 0 Å². The molecule has 0 aromatic heterocycles. The molecule has 0 spiro atoms. The molecule has 16 heavy (non-hydrogen) atoms. The Bertz CT molecular complexity index is 237. The highest BCUT2D eigenvalue weighted by atomic mass is 19.3. The standard InChI is InChI=1S/C12H19F2NO/c1-2-3-4-5-6-7-8-9-12(16)15-10-11(13)14/h6-9,11H,2-5,10H2,1H3,(H,15,16)/b7-6+,9-8+. The summed E-state index contributed by atoms with van der Waals surface area (Å²) in [4.78, 5) is 10.9. The van der Waals surface area contributed by atoms with E-state index in [-0.39, 0.29) is 0 Å². The minimum Gasteiger partial charge on any atom is -0.347 e. The lowest BCUT2D eigenvalue weighted by atomic mass is 10.2. The van der Waals surface area contributed by atoms with Gasteiger partial charge in [-0.2, -0.15) is 0 Å². The molecule has 0 unspecified atom stereocenters. The van der Waals surface area contributed by atoms with Gasteiger partial charge in [-0.1, -0.05) is 38.0 Å². The van der Waals surface area contributed by atoms with Crippen molar-refractivity contribution in [1.82, 2.24) is 5.32 Å². The molecular formula is C12H19F2NO. The molecule has 0 fully saturated rings. The van der Waals surface area contributed by atoms with Crippen molar-refractivity contribution in [1.29, 1.82) is 0 Å².